The molecule has 158 valence electrons. The first-order valence-corrected chi connectivity index (χ1v) is 9.64. The lowest BCUT2D eigenvalue weighted by molar-refractivity contribution is 0.0374. The topological polar surface area (TPSA) is 93.3 Å². The molecule has 8 nitrogen and oxygen atoms in total. The Hall–Kier alpha value is -3.77. The first-order chi connectivity index (χ1) is 15.0. The Morgan fingerprint density at radius 3 is 2.90 bits per heavy atom. The number of aromatic nitrogens is 3. The Kier molecular flexibility index (Phi) is 5.64. The van der Waals surface area contributed by atoms with E-state index in [-0.39, 0.29) is 16.8 Å². The highest BCUT2D eigenvalue weighted by atomic mass is 19.1. The molecule has 1 aliphatic heterocycles. The number of benzene rings is 1. The Bertz CT molecular complexity index is 1220. The molecule has 1 fully saturated rings. The predicted octanol–water partition coefficient (Wildman–Crippen LogP) is 2.44. The molecule has 2 aromatic heterocycles. The molecule has 1 aliphatic rings. The largest absolute Gasteiger partial charge is 0.496 e. The van der Waals surface area contributed by atoms with E-state index >= 15 is 0 Å². The molecule has 1 aromatic carbocycles. The van der Waals surface area contributed by atoms with Crippen LogP contribution >= 0.6 is 0 Å². The van der Waals surface area contributed by atoms with E-state index in [4.69, 9.17) is 9.47 Å². The zero-order valence-corrected chi connectivity index (χ0v) is 17.1. The Labute approximate surface area is 178 Å². The molecule has 0 aliphatic carbocycles. The van der Waals surface area contributed by atoms with E-state index in [2.05, 4.69) is 16.0 Å². The van der Waals surface area contributed by atoms with Crippen molar-refractivity contribution in [3.05, 3.63) is 70.0 Å². The highest BCUT2D eigenvalue weighted by Gasteiger charge is 2.27. The molecule has 0 radical (unpaired) electrons. The first kappa shape index (κ1) is 20.5. The van der Waals surface area contributed by atoms with Gasteiger partial charge in [0.2, 0.25) is 5.95 Å². The van der Waals surface area contributed by atoms with Gasteiger partial charge in [0.25, 0.3) is 5.56 Å². The van der Waals surface area contributed by atoms with Gasteiger partial charge in [-0.2, -0.15) is 5.26 Å². The van der Waals surface area contributed by atoms with Crippen LogP contribution in [0.15, 0.2) is 47.5 Å². The summed E-state index contributed by atoms with van der Waals surface area (Å²) in [5.41, 5.74) is 1.39. The van der Waals surface area contributed by atoms with Gasteiger partial charge in [-0.1, -0.05) is 0 Å². The molecule has 0 unspecified atom stereocenters. The molecular weight excluding hydrogens is 401 g/mol. The average Bonchev–Trinajstić information content (AvgIpc) is 2.80. The van der Waals surface area contributed by atoms with Crippen LogP contribution in [0.25, 0.3) is 11.3 Å². The fourth-order valence-corrected chi connectivity index (χ4v) is 3.61. The van der Waals surface area contributed by atoms with Crippen molar-refractivity contribution in [2.24, 2.45) is 7.05 Å². The molecule has 3 heterocycles. The molecule has 0 N–H and O–H groups in total. The van der Waals surface area contributed by atoms with Gasteiger partial charge in [0.05, 0.1) is 43.8 Å². The van der Waals surface area contributed by atoms with Gasteiger partial charge in [-0.25, -0.2) is 9.37 Å². The Balaban J connectivity index is 1.72. The van der Waals surface area contributed by atoms with E-state index in [1.165, 1.54) is 22.9 Å². The Morgan fingerprint density at radius 2 is 2.16 bits per heavy atom. The molecule has 0 saturated carbocycles. The summed E-state index contributed by atoms with van der Waals surface area (Å²) >= 11 is 0. The number of rotatable bonds is 4. The molecule has 1 atom stereocenters. The highest BCUT2D eigenvalue weighted by Crippen LogP contribution is 2.32. The number of ether oxygens (including phenoxy) is 2. The number of hydrogen-bond donors (Lipinski definition) is 0. The van der Waals surface area contributed by atoms with Crippen LogP contribution in [0.4, 0.5) is 10.3 Å². The number of nitrogens with zero attached hydrogens (tertiary/aromatic N) is 5. The molecule has 0 spiro atoms. The minimum Gasteiger partial charge on any atom is -0.496 e. The number of anilines is 1. The fraction of sp³-hybridized carbons (Fsp3) is 0.273. The third kappa shape index (κ3) is 3.98. The van der Waals surface area contributed by atoms with Gasteiger partial charge in [-0.3, -0.25) is 14.3 Å². The molecule has 9 heteroatoms. The molecule has 1 saturated heterocycles. The first-order valence-electron chi connectivity index (χ1n) is 9.64. The summed E-state index contributed by atoms with van der Waals surface area (Å²) in [5, 5.41) is 9.26. The third-order valence-electron chi connectivity index (χ3n) is 5.21. The quantitative estimate of drug-likeness (QED) is 0.639. The SMILES string of the molecule is COc1ccc(C#N)cc1[C@H]1CN(c2nc(-c3ccncc3F)cc(=O)n2C)CCO1. The minimum atomic E-state index is -0.549. The second-order valence-corrected chi connectivity index (χ2v) is 7.07. The maximum atomic E-state index is 14.2. The van der Waals surface area contributed by atoms with Gasteiger partial charge in [-0.15, -0.1) is 0 Å². The lowest BCUT2D eigenvalue weighted by atomic mass is 10.0. The summed E-state index contributed by atoms with van der Waals surface area (Å²) in [6.45, 7) is 1.27. The maximum Gasteiger partial charge on any atom is 0.255 e. The van der Waals surface area contributed by atoms with Crippen LogP contribution in [0.1, 0.15) is 17.2 Å². The average molecular weight is 421 g/mol. The van der Waals surface area contributed by atoms with Crippen molar-refractivity contribution >= 4 is 5.95 Å². The fourth-order valence-electron chi connectivity index (χ4n) is 3.61. The monoisotopic (exact) mass is 421 g/mol. The molecule has 31 heavy (non-hydrogen) atoms. The summed E-state index contributed by atoms with van der Waals surface area (Å²) in [7, 11) is 3.18. The van der Waals surface area contributed by atoms with E-state index < -0.39 is 11.9 Å². The number of pyridine rings is 1. The lowest BCUT2D eigenvalue weighted by Crippen LogP contribution is -2.41. The van der Waals surface area contributed by atoms with Crippen LogP contribution in [0.3, 0.4) is 0 Å². The third-order valence-corrected chi connectivity index (χ3v) is 5.21. The normalized spacial score (nSPS) is 16.1. The molecule has 4 rings (SSSR count). The van der Waals surface area contributed by atoms with E-state index in [0.29, 0.717) is 37.0 Å². The standard InChI is InChI=1S/C22H20FN5O3/c1-27-21(29)10-18(15-5-6-25-12-17(15)23)26-22(27)28-7-8-31-20(13-28)16-9-14(11-24)3-4-19(16)30-2/h3-6,9-10,12,20H,7-8,13H2,1-2H3/t20-/m1/s1. The lowest BCUT2D eigenvalue weighted by Gasteiger charge is -2.35. The van der Waals surface area contributed by atoms with Crippen molar-refractivity contribution in [3.8, 4) is 23.1 Å². The van der Waals surface area contributed by atoms with Crippen LogP contribution in [-0.4, -0.2) is 41.3 Å². The maximum absolute atomic E-state index is 14.2. The van der Waals surface area contributed by atoms with Gasteiger partial charge in [0, 0.05) is 37.0 Å². The van der Waals surface area contributed by atoms with Gasteiger partial charge >= 0.3 is 0 Å². The van der Waals surface area contributed by atoms with Gasteiger partial charge in [0.15, 0.2) is 5.82 Å². The van der Waals surface area contributed by atoms with Crippen LogP contribution in [0.2, 0.25) is 0 Å². The van der Waals surface area contributed by atoms with Gasteiger partial charge < -0.3 is 14.4 Å². The molecule has 3 aromatic rings. The second-order valence-electron chi connectivity index (χ2n) is 7.07. The zero-order chi connectivity index (χ0) is 22.0. The van der Waals surface area contributed by atoms with Crippen LogP contribution < -0.4 is 15.2 Å². The van der Waals surface area contributed by atoms with E-state index in [1.807, 2.05) is 4.90 Å². The van der Waals surface area contributed by atoms with E-state index in [1.54, 1.807) is 32.4 Å². The summed E-state index contributed by atoms with van der Waals surface area (Å²) in [4.78, 5) is 22.8. The van der Waals surface area contributed by atoms with Gasteiger partial charge in [0.1, 0.15) is 11.9 Å². The molecular formula is C22H20FN5O3. The van der Waals surface area contributed by atoms with Crippen molar-refractivity contribution in [1.29, 1.82) is 5.26 Å². The number of methoxy groups -OCH3 is 1. The second kappa shape index (κ2) is 8.53. The highest BCUT2D eigenvalue weighted by molar-refractivity contribution is 5.60. The smallest absolute Gasteiger partial charge is 0.255 e. The van der Waals surface area contributed by atoms with Gasteiger partial charge in [-0.05, 0) is 24.3 Å². The zero-order valence-electron chi connectivity index (χ0n) is 17.1. The van der Waals surface area contributed by atoms with E-state index in [0.717, 1.165) is 11.8 Å². The summed E-state index contributed by atoms with van der Waals surface area (Å²) in [5.74, 6) is 0.467. The molecule has 0 amide bonds. The van der Waals surface area contributed by atoms with Crippen LogP contribution in [0, 0.1) is 17.1 Å². The predicted molar refractivity (Wildman–Crippen MR) is 111 cm³/mol. The molecule has 0 bridgehead atoms. The van der Waals surface area contributed by atoms with Crippen molar-refractivity contribution in [2.45, 2.75) is 6.10 Å². The van der Waals surface area contributed by atoms with Crippen LogP contribution in [0.5, 0.6) is 5.75 Å². The van der Waals surface area contributed by atoms with Crippen LogP contribution in [-0.2, 0) is 11.8 Å². The Morgan fingerprint density at radius 1 is 1.32 bits per heavy atom. The summed E-state index contributed by atoms with van der Waals surface area (Å²) in [6.07, 6.45) is 2.15. The van der Waals surface area contributed by atoms with Crippen molar-refractivity contribution in [3.63, 3.8) is 0 Å². The minimum absolute atomic E-state index is 0.210. The number of morpholine rings is 1. The number of nitriles is 1. The van der Waals surface area contributed by atoms with Crippen molar-refractivity contribution < 1.29 is 13.9 Å². The van der Waals surface area contributed by atoms with Crippen molar-refractivity contribution in [2.75, 3.05) is 31.7 Å². The number of halogens is 1. The van der Waals surface area contributed by atoms with Crippen molar-refractivity contribution in [1.82, 2.24) is 14.5 Å². The summed E-state index contributed by atoms with van der Waals surface area (Å²) < 4.78 is 27.1. The van der Waals surface area contributed by atoms with E-state index in [9.17, 15) is 14.4 Å². The summed E-state index contributed by atoms with van der Waals surface area (Å²) in [6, 6.07) is 10.1. The number of hydrogen-bond acceptors (Lipinski definition) is 7.